The number of guanidine groups is 1. The Hall–Kier alpha value is -0.850. The largest absolute Gasteiger partial charge is 0.356 e. The van der Waals surface area contributed by atoms with Crippen molar-refractivity contribution in [3.05, 3.63) is 35.6 Å². The molecule has 0 radical (unpaired) electrons. The average Bonchev–Trinajstić information content (AvgIpc) is 3.37. The fourth-order valence-corrected chi connectivity index (χ4v) is 2.81. The average molecular weight is 417 g/mol. The van der Waals surface area contributed by atoms with Crippen molar-refractivity contribution in [2.24, 2.45) is 10.9 Å². The van der Waals surface area contributed by atoms with Crippen LogP contribution in [0.2, 0.25) is 0 Å². The van der Waals surface area contributed by atoms with Crippen LogP contribution in [0.4, 0.5) is 4.39 Å². The Morgan fingerprint density at radius 2 is 2.09 bits per heavy atom. The van der Waals surface area contributed by atoms with E-state index in [0.717, 1.165) is 43.4 Å². The normalized spacial score (nSPS) is 19.3. The maximum absolute atomic E-state index is 13.4. The Labute approximate surface area is 149 Å². The summed E-state index contributed by atoms with van der Waals surface area (Å²) in [6.07, 6.45) is 6.23. The Balaban J connectivity index is 0.00000176. The van der Waals surface area contributed by atoms with Gasteiger partial charge in [0.05, 0.1) is 0 Å². The zero-order chi connectivity index (χ0) is 14.7. The van der Waals surface area contributed by atoms with Crippen LogP contribution in [0.5, 0.6) is 0 Å². The highest BCUT2D eigenvalue weighted by atomic mass is 127. The molecular weight excluding hydrogens is 392 g/mol. The lowest BCUT2D eigenvalue weighted by Gasteiger charge is -2.19. The van der Waals surface area contributed by atoms with Crippen molar-refractivity contribution in [3.63, 3.8) is 0 Å². The molecule has 2 aliphatic rings. The summed E-state index contributed by atoms with van der Waals surface area (Å²) in [5.41, 5.74) is 1.19. The highest BCUT2D eigenvalue weighted by Gasteiger charge is 2.44. The predicted molar refractivity (Wildman–Crippen MR) is 99.4 cm³/mol. The van der Waals surface area contributed by atoms with Crippen LogP contribution in [0, 0.1) is 11.7 Å². The Morgan fingerprint density at radius 3 is 2.68 bits per heavy atom. The molecule has 2 aliphatic carbocycles. The molecule has 2 saturated carbocycles. The number of nitrogens with zero attached hydrogens (tertiary/aromatic N) is 1. The van der Waals surface area contributed by atoms with Gasteiger partial charge < -0.3 is 10.6 Å². The molecule has 0 saturated heterocycles. The molecule has 22 heavy (non-hydrogen) atoms. The molecule has 0 spiro atoms. The van der Waals surface area contributed by atoms with Crippen LogP contribution in [0.25, 0.3) is 0 Å². The summed E-state index contributed by atoms with van der Waals surface area (Å²) in [7, 11) is 1.80. The number of aliphatic imine (C=N–C) groups is 1. The van der Waals surface area contributed by atoms with Gasteiger partial charge in [-0.15, -0.1) is 24.0 Å². The van der Waals surface area contributed by atoms with Gasteiger partial charge in [-0.05, 0) is 42.9 Å². The molecule has 3 rings (SSSR count). The zero-order valence-corrected chi connectivity index (χ0v) is 15.4. The summed E-state index contributed by atoms with van der Waals surface area (Å²) in [4.78, 5) is 4.27. The second-order valence-electron chi connectivity index (χ2n) is 6.38. The fraction of sp³-hybridized carbons (Fsp3) is 0.588. The van der Waals surface area contributed by atoms with Crippen LogP contribution < -0.4 is 10.6 Å². The monoisotopic (exact) mass is 417 g/mol. The summed E-state index contributed by atoms with van der Waals surface area (Å²) in [6, 6.07) is 7.00. The van der Waals surface area contributed by atoms with E-state index in [2.05, 4.69) is 15.6 Å². The van der Waals surface area contributed by atoms with E-state index in [1.54, 1.807) is 19.2 Å². The summed E-state index contributed by atoms with van der Waals surface area (Å²) in [5, 5.41) is 6.77. The Morgan fingerprint density at radius 1 is 1.32 bits per heavy atom. The van der Waals surface area contributed by atoms with E-state index < -0.39 is 0 Å². The maximum atomic E-state index is 13.4. The first kappa shape index (κ1) is 17.5. The molecule has 0 bridgehead atoms. The van der Waals surface area contributed by atoms with Crippen molar-refractivity contribution in [1.82, 2.24) is 10.6 Å². The topological polar surface area (TPSA) is 36.4 Å². The lowest BCUT2D eigenvalue weighted by atomic mass is 9.96. The molecule has 0 heterocycles. The molecule has 1 aromatic rings. The molecular formula is C17H25FIN3. The zero-order valence-electron chi connectivity index (χ0n) is 13.1. The predicted octanol–water partition coefficient (Wildman–Crippen LogP) is 3.44. The third kappa shape index (κ3) is 4.57. The lowest BCUT2D eigenvalue weighted by molar-refractivity contribution is 0.605. The van der Waals surface area contributed by atoms with Gasteiger partial charge in [0.25, 0.3) is 0 Å². The van der Waals surface area contributed by atoms with E-state index in [0.29, 0.717) is 0 Å². The van der Waals surface area contributed by atoms with Crippen molar-refractivity contribution >= 4 is 29.9 Å². The van der Waals surface area contributed by atoms with Crippen molar-refractivity contribution in [1.29, 1.82) is 0 Å². The van der Waals surface area contributed by atoms with Crippen molar-refractivity contribution in [2.75, 3.05) is 20.1 Å². The van der Waals surface area contributed by atoms with Crippen molar-refractivity contribution in [2.45, 2.75) is 37.5 Å². The SMILES string of the molecule is CN=C(NCCC1CC1)NCC1(c2cccc(F)c2)CC1.I. The number of nitrogens with one attached hydrogen (secondary N) is 2. The second-order valence-corrected chi connectivity index (χ2v) is 6.38. The van der Waals surface area contributed by atoms with Gasteiger partial charge in [0.15, 0.2) is 5.96 Å². The molecule has 0 atom stereocenters. The Kier molecular flexibility index (Phi) is 6.06. The highest BCUT2D eigenvalue weighted by Crippen LogP contribution is 2.47. The summed E-state index contributed by atoms with van der Waals surface area (Å²) in [6.45, 7) is 1.80. The van der Waals surface area contributed by atoms with Gasteiger partial charge >= 0.3 is 0 Å². The van der Waals surface area contributed by atoms with E-state index in [1.165, 1.54) is 25.3 Å². The minimum Gasteiger partial charge on any atom is -0.356 e. The van der Waals surface area contributed by atoms with Crippen molar-refractivity contribution in [3.8, 4) is 0 Å². The van der Waals surface area contributed by atoms with Gasteiger partial charge in [-0.2, -0.15) is 0 Å². The van der Waals surface area contributed by atoms with Gasteiger partial charge in [0.1, 0.15) is 5.82 Å². The number of hydrogen-bond donors (Lipinski definition) is 2. The van der Waals surface area contributed by atoms with Crippen LogP contribution in [0.15, 0.2) is 29.3 Å². The van der Waals surface area contributed by atoms with Crippen LogP contribution >= 0.6 is 24.0 Å². The first-order chi connectivity index (χ1) is 10.2. The summed E-state index contributed by atoms with van der Waals surface area (Å²) in [5.74, 6) is 1.64. The minimum atomic E-state index is -0.147. The van der Waals surface area contributed by atoms with Gasteiger partial charge in [-0.1, -0.05) is 25.0 Å². The summed E-state index contributed by atoms with van der Waals surface area (Å²) >= 11 is 0. The molecule has 1 aromatic carbocycles. The third-order valence-corrected chi connectivity index (χ3v) is 4.65. The quantitative estimate of drug-likeness (QED) is 0.423. The molecule has 0 aromatic heterocycles. The van der Waals surface area contributed by atoms with Crippen LogP contribution in [-0.4, -0.2) is 26.1 Å². The minimum absolute atomic E-state index is 0. The number of rotatable bonds is 6. The van der Waals surface area contributed by atoms with E-state index in [9.17, 15) is 4.39 Å². The van der Waals surface area contributed by atoms with Crippen LogP contribution in [0.1, 0.15) is 37.7 Å². The van der Waals surface area contributed by atoms with E-state index in [1.807, 2.05) is 6.07 Å². The molecule has 5 heteroatoms. The standard InChI is InChI=1S/C17H24FN3.HI/c1-19-16(20-10-7-13-5-6-13)21-12-17(8-9-17)14-3-2-4-15(18)11-14;/h2-4,11,13H,5-10,12H2,1H3,(H2,19,20,21);1H. The number of benzene rings is 1. The maximum Gasteiger partial charge on any atom is 0.191 e. The third-order valence-electron chi connectivity index (χ3n) is 4.65. The van der Waals surface area contributed by atoms with Gasteiger partial charge in [-0.25, -0.2) is 4.39 Å². The lowest BCUT2D eigenvalue weighted by Crippen LogP contribution is -2.41. The summed E-state index contributed by atoms with van der Waals surface area (Å²) < 4.78 is 13.4. The number of halogens is 2. The van der Waals surface area contributed by atoms with Crippen LogP contribution in [0.3, 0.4) is 0 Å². The van der Waals surface area contributed by atoms with E-state index in [4.69, 9.17) is 0 Å². The molecule has 2 fully saturated rings. The first-order valence-corrected chi connectivity index (χ1v) is 7.92. The second kappa shape index (κ2) is 7.62. The highest BCUT2D eigenvalue weighted by molar-refractivity contribution is 14.0. The molecule has 2 N–H and O–H groups in total. The van der Waals surface area contributed by atoms with Gasteiger partial charge in [0.2, 0.25) is 0 Å². The van der Waals surface area contributed by atoms with E-state index in [-0.39, 0.29) is 35.2 Å². The van der Waals surface area contributed by atoms with E-state index >= 15 is 0 Å². The molecule has 0 aliphatic heterocycles. The molecule has 0 amide bonds. The van der Waals surface area contributed by atoms with Gasteiger partial charge in [-0.3, -0.25) is 4.99 Å². The molecule has 3 nitrogen and oxygen atoms in total. The molecule has 0 unspecified atom stereocenters. The van der Waals surface area contributed by atoms with Crippen LogP contribution in [-0.2, 0) is 5.41 Å². The van der Waals surface area contributed by atoms with Gasteiger partial charge in [0, 0.05) is 25.6 Å². The number of hydrogen-bond acceptors (Lipinski definition) is 1. The molecule has 122 valence electrons. The Bertz CT molecular complexity index is 524. The first-order valence-electron chi connectivity index (χ1n) is 7.92. The van der Waals surface area contributed by atoms with Crippen molar-refractivity contribution < 1.29 is 4.39 Å². The fourth-order valence-electron chi connectivity index (χ4n) is 2.81. The smallest absolute Gasteiger partial charge is 0.191 e.